The van der Waals surface area contributed by atoms with Crippen LogP contribution in [-0.2, 0) is 19.5 Å². The van der Waals surface area contributed by atoms with Crippen LogP contribution in [0.1, 0.15) is 30.2 Å². The van der Waals surface area contributed by atoms with E-state index in [1.54, 1.807) is 0 Å². The van der Waals surface area contributed by atoms with Crippen molar-refractivity contribution in [2.24, 2.45) is 0 Å². The molecule has 0 unspecified atom stereocenters. The Balaban J connectivity index is 1.84. The van der Waals surface area contributed by atoms with Gasteiger partial charge in [-0.2, -0.15) is 5.10 Å². The van der Waals surface area contributed by atoms with Gasteiger partial charge in [-0.3, -0.25) is 4.68 Å². The van der Waals surface area contributed by atoms with Crippen molar-refractivity contribution in [3.05, 3.63) is 53.3 Å². The molecule has 0 bridgehead atoms. The van der Waals surface area contributed by atoms with Crippen molar-refractivity contribution < 1.29 is 0 Å². The molecular formula is C16H23N3. The molecule has 3 nitrogen and oxygen atoms in total. The molecule has 0 aliphatic heterocycles. The Morgan fingerprint density at radius 1 is 1.21 bits per heavy atom. The Bertz CT molecular complexity index is 488. The zero-order valence-electron chi connectivity index (χ0n) is 11.9. The van der Waals surface area contributed by atoms with Crippen LogP contribution >= 0.6 is 0 Å². The number of nitrogens with zero attached hydrogens (tertiary/aromatic N) is 2. The van der Waals surface area contributed by atoms with Gasteiger partial charge in [-0.15, -0.1) is 0 Å². The first-order chi connectivity index (χ1) is 9.31. The van der Waals surface area contributed by atoms with E-state index in [9.17, 15) is 0 Å². The summed E-state index contributed by atoms with van der Waals surface area (Å²) in [5.74, 6) is 0. The summed E-state index contributed by atoms with van der Waals surface area (Å²) < 4.78 is 2.12. The summed E-state index contributed by atoms with van der Waals surface area (Å²) in [5, 5.41) is 7.82. The van der Waals surface area contributed by atoms with E-state index in [1.165, 1.54) is 16.8 Å². The molecule has 0 aliphatic rings. The topological polar surface area (TPSA) is 29.9 Å². The fraction of sp³-hybridized carbons (Fsp3) is 0.438. The summed E-state index contributed by atoms with van der Waals surface area (Å²) in [6.07, 6.45) is 4.23. The van der Waals surface area contributed by atoms with Crippen molar-refractivity contribution >= 4 is 0 Å². The Hall–Kier alpha value is -1.61. The lowest BCUT2D eigenvalue weighted by molar-refractivity contribution is 0.563. The monoisotopic (exact) mass is 257 g/mol. The molecule has 1 N–H and O–H groups in total. The van der Waals surface area contributed by atoms with Gasteiger partial charge in [-0.1, -0.05) is 37.3 Å². The fourth-order valence-electron chi connectivity index (χ4n) is 2.22. The summed E-state index contributed by atoms with van der Waals surface area (Å²) in [7, 11) is 0. The van der Waals surface area contributed by atoms with Crippen molar-refractivity contribution in [3.63, 3.8) is 0 Å². The lowest BCUT2D eigenvalue weighted by atomic mass is 10.1. The highest BCUT2D eigenvalue weighted by atomic mass is 15.3. The number of aromatic nitrogens is 2. The van der Waals surface area contributed by atoms with Crippen LogP contribution in [0.15, 0.2) is 36.5 Å². The Labute approximate surface area is 115 Å². The van der Waals surface area contributed by atoms with Crippen LogP contribution in [-0.4, -0.2) is 16.3 Å². The highest BCUT2D eigenvalue weighted by molar-refractivity contribution is 5.16. The lowest BCUT2D eigenvalue weighted by Crippen LogP contribution is -2.12. The molecule has 0 saturated heterocycles. The van der Waals surface area contributed by atoms with E-state index in [4.69, 9.17) is 0 Å². The Morgan fingerprint density at radius 2 is 2.00 bits per heavy atom. The van der Waals surface area contributed by atoms with Crippen LogP contribution in [0.2, 0.25) is 0 Å². The zero-order chi connectivity index (χ0) is 13.5. The van der Waals surface area contributed by atoms with Crippen LogP contribution in [0, 0.1) is 6.92 Å². The average molecular weight is 257 g/mol. The highest BCUT2D eigenvalue weighted by Crippen LogP contribution is 2.09. The largest absolute Gasteiger partial charge is 0.313 e. The number of hydrogen-bond donors (Lipinski definition) is 1. The number of aryl methyl sites for hydroxylation is 2. The summed E-state index contributed by atoms with van der Waals surface area (Å²) in [4.78, 5) is 0. The van der Waals surface area contributed by atoms with Crippen molar-refractivity contribution in [2.45, 2.75) is 39.8 Å². The first-order valence-corrected chi connectivity index (χ1v) is 7.07. The van der Waals surface area contributed by atoms with E-state index in [0.29, 0.717) is 0 Å². The van der Waals surface area contributed by atoms with Gasteiger partial charge in [-0.25, -0.2) is 0 Å². The lowest BCUT2D eigenvalue weighted by Gasteiger charge is -2.06. The molecule has 0 spiro atoms. The predicted molar refractivity (Wildman–Crippen MR) is 79.1 cm³/mol. The van der Waals surface area contributed by atoms with Crippen molar-refractivity contribution in [1.82, 2.24) is 15.1 Å². The van der Waals surface area contributed by atoms with Gasteiger partial charge >= 0.3 is 0 Å². The number of nitrogens with one attached hydrogen (secondary N) is 1. The van der Waals surface area contributed by atoms with E-state index < -0.39 is 0 Å². The molecule has 0 saturated carbocycles. The zero-order valence-corrected chi connectivity index (χ0v) is 11.9. The summed E-state index contributed by atoms with van der Waals surface area (Å²) in [6.45, 7) is 7.19. The molecule has 2 rings (SSSR count). The van der Waals surface area contributed by atoms with E-state index >= 15 is 0 Å². The SMILES string of the molecule is CCNCc1cnn(CCCc2ccccc2)c1C. The minimum Gasteiger partial charge on any atom is -0.313 e. The van der Waals surface area contributed by atoms with Crippen LogP contribution in [0.25, 0.3) is 0 Å². The minimum absolute atomic E-state index is 0.918. The van der Waals surface area contributed by atoms with E-state index in [-0.39, 0.29) is 0 Å². The maximum absolute atomic E-state index is 4.48. The predicted octanol–water partition coefficient (Wildman–Crippen LogP) is 2.93. The molecule has 0 amide bonds. The summed E-state index contributed by atoms with van der Waals surface area (Å²) >= 11 is 0. The molecule has 2 aromatic rings. The summed E-state index contributed by atoms with van der Waals surface area (Å²) in [5.41, 5.74) is 4.00. The standard InChI is InChI=1S/C16H23N3/c1-3-17-12-16-13-18-19(14(16)2)11-7-10-15-8-5-4-6-9-15/h4-6,8-9,13,17H,3,7,10-12H2,1-2H3. The number of hydrogen-bond acceptors (Lipinski definition) is 2. The fourth-order valence-corrected chi connectivity index (χ4v) is 2.22. The molecule has 19 heavy (non-hydrogen) atoms. The molecule has 3 heteroatoms. The van der Waals surface area contributed by atoms with Crippen LogP contribution < -0.4 is 5.32 Å². The van der Waals surface area contributed by atoms with Gasteiger partial charge in [0, 0.05) is 24.3 Å². The molecule has 1 aromatic heterocycles. The van der Waals surface area contributed by atoms with Crippen LogP contribution in [0.3, 0.4) is 0 Å². The maximum Gasteiger partial charge on any atom is 0.0537 e. The van der Waals surface area contributed by atoms with Gasteiger partial charge in [0.1, 0.15) is 0 Å². The second-order valence-electron chi connectivity index (χ2n) is 4.85. The number of benzene rings is 1. The Morgan fingerprint density at radius 3 is 2.74 bits per heavy atom. The normalized spacial score (nSPS) is 10.8. The van der Waals surface area contributed by atoms with Gasteiger partial charge in [0.05, 0.1) is 6.20 Å². The highest BCUT2D eigenvalue weighted by Gasteiger charge is 2.05. The van der Waals surface area contributed by atoms with E-state index in [2.05, 4.69) is 59.3 Å². The van der Waals surface area contributed by atoms with Gasteiger partial charge in [0.25, 0.3) is 0 Å². The first-order valence-electron chi connectivity index (χ1n) is 7.07. The first kappa shape index (κ1) is 13.8. The van der Waals surface area contributed by atoms with E-state index in [1.807, 2.05) is 6.20 Å². The van der Waals surface area contributed by atoms with Crippen molar-refractivity contribution in [1.29, 1.82) is 0 Å². The second kappa shape index (κ2) is 7.10. The summed E-state index contributed by atoms with van der Waals surface area (Å²) in [6, 6.07) is 10.6. The maximum atomic E-state index is 4.48. The van der Waals surface area contributed by atoms with Crippen molar-refractivity contribution in [2.75, 3.05) is 6.54 Å². The van der Waals surface area contributed by atoms with Crippen molar-refractivity contribution in [3.8, 4) is 0 Å². The van der Waals surface area contributed by atoms with Gasteiger partial charge < -0.3 is 5.32 Å². The second-order valence-corrected chi connectivity index (χ2v) is 4.85. The third-order valence-corrected chi connectivity index (χ3v) is 3.45. The molecule has 0 fully saturated rings. The van der Waals surface area contributed by atoms with E-state index in [0.717, 1.165) is 32.5 Å². The smallest absolute Gasteiger partial charge is 0.0537 e. The molecule has 0 radical (unpaired) electrons. The minimum atomic E-state index is 0.918. The molecule has 0 atom stereocenters. The molecule has 0 aliphatic carbocycles. The van der Waals surface area contributed by atoms with Crippen LogP contribution in [0.4, 0.5) is 0 Å². The van der Waals surface area contributed by atoms with Gasteiger partial charge in [-0.05, 0) is 31.9 Å². The molecule has 1 heterocycles. The van der Waals surface area contributed by atoms with Crippen LogP contribution in [0.5, 0.6) is 0 Å². The third kappa shape index (κ3) is 3.93. The van der Waals surface area contributed by atoms with Gasteiger partial charge in [0.2, 0.25) is 0 Å². The molecular weight excluding hydrogens is 234 g/mol. The molecule has 1 aromatic carbocycles. The van der Waals surface area contributed by atoms with Gasteiger partial charge in [0.15, 0.2) is 0 Å². The number of rotatable bonds is 7. The Kier molecular flexibility index (Phi) is 5.16. The quantitative estimate of drug-likeness (QED) is 0.826. The average Bonchev–Trinajstić information content (AvgIpc) is 2.79. The molecule has 102 valence electrons. The third-order valence-electron chi connectivity index (χ3n) is 3.45.